The number of hydrogen-bond acceptors (Lipinski definition) is 5. The zero-order valence-electron chi connectivity index (χ0n) is 23.4. The molecule has 1 aliphatic rings. The number of hydrogen-bond donors (Lipinski definition) is 0. The summed E-state index contributed by atoms with van der Waals surface area (Å²) in [5.41, 5.74) is 3.68. The molecule has 1 aliphatic heterocycles. The summed E-state index contributed by atoms with van der Waals surface area (Å²) in [4.78, 5) is 29.9. The number of piperazine rings is 1. The van der Waals surface area contributed by atoms with Crippen molar-refractivity contribution in [2.24, 2.45) is 0 Å². The van der Waals surface area contributed by atoms with Crippen LogP contribution >= 0.6 is 23.4 Å². The van der Waals surface area contributed by atoms with Crippen LogP contribution in [0.15, 0.2) is 84.0 Å². The molecule has 41 heavy (non-hydrogen) atoms. The summed E-state index contributed by atoms with van der Waals surface area (Å²) in [5.74, 6) is 1.56. The number of halogens is 1. The lowest BCUT2D eigenvalue weighted by molar-refractivity contribution is -0.133. The third-order valence-corrected chi connectivity index (χ3v) is 8.72. The van der Waals surface area contributed by atoms with E-state index in [9.17, 15) is 9.59 Å². The van der Waals surface area contributed by atoms with Gasteiger partial charge in [-0.25, -0.2) is 0 Å². The van der Waals surface area contributed by atoms with Crippen LogP contribution in [0.5, 0.6) is 0 Å². The predicted octanol–water partition coefficient (Wildman–Crippen LogP) is 6.40. The Morgan fingerprint density at radius 1 is 0.951 bits per heavy atom. The van der Waals surface area contributed by atoms with Gasteiger partial charge in [0, 0.05) is 54.7 Å². The molecule has 1 aromatic heterocycles. The second kappa shape index (κ2) is 13.4. The van der Waals surface area contributed by atoms with Gasteiger partial charge < -0.3 is 9.80 Å². The monoisotopic (exact) mass is 587 g/mol. The van der Waals surface area contributed by atoms with Gasteiger partial charge in [-0.05, 0) is 61.7 Å². The quantitative estimate of drug-likeness (QED) is 0.167. The minimum atomic E-state index is -0.0342. The molecule has 9 heteroatoms. The van der Waals surface area contributed by atoms with Crippen LogP contribution in [0.3, 0.4) is 0 Å². The highest BCUT2D eigenvalue weighted by atomic mass is 35.5. The summed E-state index contributed by atoms with van der Waals surface area (Å²) in [5, 5.41) is 10.3. The number of para-hydroxylation sites is 1. The van der Waals surface area contributed by atoms with Gasteiger partial charge in [-0.15, -0.1) is 10.2 Å². The van der Waals surface area contributed by atoms with Crippen LogP contribution in [0.4, 0.5) is 0 Å². The maximum atomic E-state index is 13.1. The predicted molar refractivity (Wildman–Crippen MR) is 165 cm³/mol. The second-order valence-corrected chi connectivity index (χ2v) is 11.6. The van der Waals surface area contributed by atoms with Crippen LogP contribution < -0.4 is 0 Å². The van der Waals surface area contributed by atoms with Crippen LogP contribution in [0.2, 0.25) is 5.02 Å². The molecule has 3 aromatic carbocycles. The largest absolute Gasteiger partial charge is 0.339 e. The number of nitrogens with zero attached hydrogens (tertiary/aromatic N) is 5. The molecule has 0 saturated carbocycles. The molecule has 2 amide bonds. The Balaban J connectivity index is 1.17. The van der Waals surface area contributed by atoms with E-state index in [1.165, 1.54) is 5.56 Å². The number of thioether (sulfide) groups is 1. The molecule has 4 aromatic rings. The Morgan fingerprint density at radius 3 is 2.39 bits per heavy atom. The first-order valence-electron chi connectivity index (χ1n) is 14.0. The van der Waals surface area contributed by atoms with E-state index < -0.39 is 0 Å². The van der Waals surface area contributed by atoms with Crippen LogP contribution in [-0.2, 0) is 11.2 Å². The van der Waals surface area contributed by atoms with Crippen LogP contribution in [0.1, 0.15) is 42.6 Å². The summed E-state index contributed by atoms with van der Waals surface area (Å²) in [7, 11) is 0. The van der Waals surface area contributed by atoms with E-state index in [0.717, 1.165) is 28.6 Å². The Labute approximate surface area is 250 Å². The number of amides is 2. The fourth-order valence-electron chi connectivity index (χ4n) is 5.07. The Kier molecular flexibility index (Phi) is 9.42. The third kappa shape index (κ3) is 6.66. The normalized spacial score (nSPS) is 15.2. The summed E-state index contributed by atoms with van der Waals surface area (Å²) in [6.07, 6.45) is 2.10. The molecule has 1 atom stereocenters. The zero-order valence-corrected chi connectivity index (χ0v) is 24.9. The maximum absolute atomic E-state index is 13.1. The average Bonchev–Trinajstić information content (AvgIpc) is 3.43. The van der Waals surface area contributed by atoms with Crippen molar-refractivity contribution in [3.8, 4) is 17.1 Å². The summed E-state index contributed by atoms with van der Waals surface area (Å²) in [6, 6.07) is 25.4. The highest BCUT2D eigenvalue weighted by molar-refractivity contribution is 7.99. The molecule has 212 valence electrons. The Hall–Kier alpha value is -3.62. The Bertz CT molecular complexity index is 1490. The van der Waals surface area contributed by atoms with E-state index in [2.05, 4.69) is 17.1 Å². The number of aryl methyl sites for hydroxylation is 1. The zero-order chi connectivity index (χ0) is 28.8. The van der Waals surface area contributed by atoms with Gasteiger partial charge in [0.05, 0.1) is 5.02 Å². The summed E-state index contributed by atoms with van der Waals surface area (Å²) in [6.45, 7) is 5.76. The first kappa shape index (κ1) is 28.9. The van der Waals surface area contributed by atoms with Crippen molar-refractivity contribution in [2.45, 2.75) is 44.3 Å². The van der Waals surface area contributed by atoms with Crippen molar-refractivity contribution >= 4 is 35.2 Å². The smallest absolute Gasteiger partial charge is 0.254 e. The van der Waals surface area contributed by atoms with Crippen molar-refractivity contribution in [1.29, 1.82) is 0 Å². The van der Waals surface area contributed by atoms with E-state index in [0.29, 0.717) is 48.9 Å². The molecule has 5 rings (SSSR count). The SMILES string of the molecule is CCc1ccc(C(=O)N2CCN(C(=O)CCCSc3nnc(-c4ccccc4Cl)n3-c3ccccc3)CC2C)cc1. The van der Waals surface area contributed by atoms with E-state index in [1.807, 2.05) is 100 Å². The third-order valence-electron chi connectivity index (χ3n) is 7.38. The number of carbonyl (C=O) groups is 2. The number of rotatable bonds is 9. The van der Waals surface area contributed by atoms with Gasteiger partial charge in [0.2, 0.25) is 5.91 Å². The van der Waals surface area contributed by atoms with Gasteiger partial charge in [0.1, 0.15) is 0 Å². The molecule has 0 bridgehead atoms. The molecule has 2 heterocycles. The van der Waals surface area contributed by atoms with E-state index in [4.69, 9.17) is 11.6 Å². The molecule has 1 fully saturated rings. The summed E-state index contributed by atoms with van der Waals surface area (Å²) < 4.78 is 2.02. The van der Waals surface area contributed by atoms with Crippen LogP contribution in [-0.4, -0.2) is 67.8 Å². The lowest BCUT2D eigenvalue weighted by Gasteiger charge is -2.40. The number of aromatic nitrogens is 3. The van der Waals surface area contributed by atoms with E-state index in [-0.39, 0.29) is 17.9 Å². The first-order chi connectivity index (χ1) is 20.0. The fraction of sp³-hybridized carbons (Fsp3) is 0.312. The van der Waals surface area contributed by atoms with Crippen LogP contribution in [0, 0.1) is 0 Å². The average molecular weight is 588 g/mol. The van der Waals surface area contributed by atoms with Gasteiger partial charge in [0.15, 0.2) is 11.0 Å². The molecule has 1 saturated heterocycles. The van der Waals surface area contributed by atoms with Gasteiger partial charge in [-0.3, -0.25) is 14.2 Å². The van der Waals surface area contributed by atoms with Crippen molar-refractivity contribution < 1.29 is 9.59 Å². The highest BCUT2D eigenvalue weighted by Gasteiger charge is 2.30. The minimum Gasteiger partial charge on any atom is -0.339 e. The first-order valence-corrected chi connectivity index (χ1v) is 15.4. The standard InChI is InChI=1S/C32H34ClN5O2S/c1-3-24-15-17-25(18-16-24)31(40)37-20-19-36(22-23(37)2)29(39)14-9-21-41-32-35-34-30(27-12-7-8-13-28(27)33)38(32)26-10-5-4-6-11-26/h4-8,10-13,15-18,23H,3,9,14,19-22H2,1-2H3. The van der Waals surface area contributed by atoms with Crippen molar-refractivity contribution in [3.05, 3.63) is 95.0 Å². The van der Waals surface area contributed by atoms with Gasteiger partial charge in [-0.2, -0.15) is 0 Å². The van der Waals surface area contributed by atoms with Gasteiger partial charge in [-0.1, -0.05) is 72.8 Å². The van der Waals surface area contributed by atoms with Gasteiger partial charge in [0.25, 0.3) is 5.91 Å². The van der Waals surface area contributed by atoms with Gasteiger partial charge >= 0.3 is 0 Å². The van der Waals surface area contributed by atoms with Crippen molar-refractivity contribution in [3.63, 3.8) is 0 Å². The lowest BCUT2D eigenvalue weighted by atomic mass is 10.1. The van der Waals surface area contributed by atoms with Crippen molar-refractivity contribution in [1.82, 2.24) is 24.6 Å². The number of carbonyl (C=O) groups excluding carboxylic acids is 2. The molecular formula is C32H34ClN5O2S. The van der Waals surface area contributed by atoms with Crippen molar-refractivity contribution in [2.75, 3.05) is 25.4 Å². The molecule has 0 aliphatic carbocycles. The Morgan fingerprint density at radius 2 is 1.68 bits per heavy atom. The van der Waals surface area contributed by atoms with E-state index in [1.54, 1.807) is 11.8 Å². The number of benzene rings is 3. The summed E-state index contributed by atoms with van der Waals surface area (Å²) >= 11 is 8.07. The van der Waals surface area contributed by atoms with E-state index >= 15 is 0 Å². The molecule has 0 radical (unpaired) electrons. The molecule has 0 N–H and O–H groups in total. The molecular weight excluding hydrogens is 554 g/mol. The molecule has 1 unspecified atom stereocenters. The minimum absolute atomic E-state index is 0.0299. The highest BCUT2D eigenvalue weighted by Crippen LogP contribution is 2.32. The second-order valence-electron chi connectivity index (χ2n) is 10.1. The molecule has 0 spiro atoms. The molecule has 7 nitrogen and oxygen atoms in total. The maximum Gasteiger partial charge on any atom is 0.254 e. The van der Waals surface area contributed by atoms with Crippen LogP contribution in [0.25, 0.3) is 17.1 Å². The topological polar surface area (TPSA) is 71.3 Å². The lowest BCUT2D eigenvalue weighted by Crippen LogP contribution is -2.55. The fourth-order valence-corrected chi connectivity index (χ4v) is 6.18.